The quantitative estimate of drug-likeness (QED) is 0.887. The number of nitrogens with two attached hydrogens (primary N) is 1. The Morgan fingerprint density at radius 3 is 2.67 bits per heavy atom. The van der Waals surface area contributed by atoms with Crippen LogP contribution in [0.3, 0.4) is 0 Å². The molecule has 1 aliphatic rings. The molecule has 3 N–H and O–H groups in total. The summed E-state index contributed by atoms with van der Waals surface area (Å²) in [5, 5.41) is 3.10. The van der Waals surface area contributed by atoms with Crippen molar-refractivity contribution < 1.29 is 9.59 Å². The molecule has 0 atom stereocenters. The fourth-order valence-electron chi connectivity index (χ4n) is 2.93. The lowest BCUT2D eigenvalue weighted by atomic mass is 10.0. The number of nitrogens with one attached hydrogen (secondary N) is 1. The molecule has 1 aliphatic heterocycles. The Morgan fingerprint density at radius 1 is 1.29 bits per heavy atom. The first-order valence-electron chi connectivity index (χ1n) is 7.90. The topological polar surface area (TPSA) is 88.3 Å². The smallest absolute Gasteiger partial charge is 0.261 e. The third-order valence-corrected chi connectivity index (χ3v) is 5.20. The molecule has 1 saturated heterocycles. The zero-order chi connectivity index (χ0) is 17.1. The standard InChI is InChI=1S/C17H20N4O2S/c1-11-2-3-15(24-11)17(23)20-12-5-8-21(9-6-12)14-4-7-19-10-13(14)16(18)22/h2-4,7,10,12H,5-6,8-9H2,1H3,(H2,18,22)(H,20,23). The number of amides is 2. The maximum Gasteiger partial charge on any atom is 0.261 e. The van der Waals surface area contributed by atoms with E-state index in [0.717, 1.165) is 41.4 Å². The third kappa shape index (κ3) is 3.56. The van der Waals surface area contributed by atoms with E-state index in [1.54, 1.807) is 6.20 Å². The molecule has 0 aliphatic carbocycles. The van der Waals surface area contributed by atoms with E-state index < -0.39 is 5.91 Å². The summed E-state index contributed by atoms with van der Waals surface area (Å²) < 4.78 is 0. The van der Waals surface area contributed by atoms with Crippen LogP contribution in [0, 0.1) is 6.92 Å². The number of hydrogen-bond acceptors (Lipinski definition) is 5. The van der Waals surface area contributed by atoms with Gasteiger partial charge < -0.3 is 16.0 Å². The minimum atomic E-state index is -0.471. The molecule has 7 heteroatoms. The molecule has 0 bridgehead atoms. The van der Waals surface area contributed by atoms with E-state index in [0.29, 0.717) is 5.56 Å². The van der Waals surface area contributed by atoms with E-state index in [1.807, 2.05) is 25.1 Å². The van der Waals surface area contributed by atoms with E-state index in [-0.39, 0.29) is 11.9 Å². The average molecular weight is 344 g/mol. The molecule has 0 aromatic carbocycles. The van der Waals surface area contributed by atoms with E-state index in [9.17, 15) is 9.59 Å². The zero-order valence-corrected chi connectivity index (χ0v) is 14.3. The Labute approximate surface area is 144 Å². The molecule has 2 aromatic heterocycles. The number of primary amides is 1. The van der Waals surface area contributed by atoms with Crippen molar-refractivity contribution in [3.8, 4) is 0 Å². The number of anilines is 1. The van der Waals surface area contributed by atoms with Crippen molar-refractivity contribution in [2.24, 2.45) is 5.73 Å². The zero-order valence-electron chi connectivity index (χ0n) is 13.5. The highest BCUT2D eigenvalue weighted by atomic mass is 32.1. The lowest BCUT2D eigenvalue weighted by molar-refractivity contribution is 0.0934. The van der Waals surface area contributed by atoms with Gasteiger partial charge in [-0.3, -0.25) is 14.6 Å². The van der Waals surface area contributed by atoms with Gasteiger partial charge in [0.1, 0.15) is 0 Å². The van der Waals surface area contributed by atoms with Crippen molar-refractivity contribution in [1.29, 1.82) is 0 Å². The molecule has 1 fully saturated rings. The van der Waals surface area contributed by atoms with E-state index in [2.05, 4.69) is 15.2 Å². The Bertz CT molecular complexity index is 751. The second-order valence-electron chi connectivity index (χ2n) is 5.90. The predicted molar refractivity (Wildman–Crippen MR) is 94.5 cm³/mol. The molecule has 0 unspecified atom stereocenters. The second kappa shape index (κ2) is 7.00. The van der Waals surface area contributed by atoms with Crippen LogP contribution < -0.4 is 16.0 Å². The highest BCUT2D eigenvalue weighted by Crippen LogP contribution is 2.23. The molecule has 6 nitrogen and oxygen atoms in total. The number of hydrogen-bond donors (Lipinski definition) is 2. The minimum absolute atomic E-state index is 0.00622. The summed E-state index contributed by atoms with van der Waals surface area (Å²) in [7, 11) is 0. The number of pyridine rings is 1. The van der Waals surface area contributed by atoms with Crippen molar-refractivity contribution in [1.82, 2.24) is 10.3 Å². The Balaban J connectivity index is 1.60. The lowest BCUT2D eigenvalue weighted by Gasteiger charge is -2.34. The van der Waals surface area contributed by atoms with Crippen LogP contribution in [0.4, 0.5) is 5.69 Å². The normalized spacial score (nSPS) is 15.3. The van der Waals surface area contributed by atoms with Crippen LogP contribution in [0.15, 0.2) is 30.6 Å². The van der Waals surface area contributed by atoms with Crippen LogP contribution in [-0.2, 0) is 0 Å². The van der Waals surface area contributed by atoms with Crippen molar-refractivity contribution in [2.75, 3.05) is 18.0 Å². The predicted octanol–water partition coefficient (Wildman–Crippen LogP) is 1.95. The summed E-state index contributed by atoms with van der Waals surface area (Å²) in [6, 6.07) is 5.78. The summed E-state index contributed by atoms with van der Waals surface area (Å²) in [5.41, 5.74) is 6.67. The number of thiophene rings is 1. The molecule has 2 amide bonds. The van der Waals surface area contributed by atoms with Crippen LogP contribution in [0.2, 0.25) is 0 Å². The van der Waals surface area contributed by atoms with Gasteiger partial charge in [-0.25, -0.2) is 0 Å². The number of rotatable bonds is 4. The molecule has 0 radical (unpaired) electrons. The largest absolute Gasteiger partial charge is 0.371 e. The van der Waals surface area contributed by atoms with Crippen LogP contribution in [-0.4, -0.2) is 35.9 Å². The van der Waals surface area contributed by atoms with Crippen molar-refractivity contribution >= 4 is 28.8 Å². The molecule has 3 heterocycles. The van der Waals surface area contributed by atoms with Gasteiger partial charge in [0.15, 0.2) is 0 Å². The van der Waals surface area contributed by atoms with Gasteiger partial charge in [0.25, 0.3) is 11.8 Å². The number of aryl methyl sites for hydroxylation is 1. The van der Waals surface area contributed by atoms with Gasteiger partial charge >= 0.3 is 0 Å². The third-order valence-electron chi connectivity index (χ3n) is 4.20. The number of aromatic nitrogens is 1. The van der Waals surface area contributed by atoms with E-state index >= 15 is 0 Å². The molecule has 2 aromatic rings. The fraction of sp³-hybridized carbons (Fsp3) is 0.353. The number of piperidine rings is 1. The summed E-state index contributed by atoms with van der Waals surface area (Å²) in [6.45, 7) is 3.52. The average Bonchev–Trinajstić information content (AvgIpc) is 3.02. The van der Waals surface area contributed by atoms with Gasteiger partial charge in [-0.05, 0) is 38.0 Å². The molecular formula is C17H20N4O2S. The van der Waals surface area contributed by atoms with Gasteiger partial charge in [0, 0.05) is 36.4 Å². The summed E-state index contributed by atoms with van der Waals surface area (Å²) in [6.07, 6.45) is 4.83. The van der Waals surface area contributed by atoms with Crippen molar-refractivity contribution in [3.63, 3.8) is 0 Å². The number of nitrogens with zero attached hydrogens (tertiary/aromatic N) is 2. The maximum absolute atomic E-state index is 12.2. The molecule has 0 saturated carbocycles. The monoisotopic (exact) mass is 344 g/mol. The Morgan fingerprint density at radius 2 is 2.04 bits per heavy atom. The van der Waals surface area contributed by atoms with Crippen LogP contribution in [0.1, 0.15) is 37.7 Å². The summed E-state index contributed by atoms with van der Waals surface area (Å²) in [4.78, 5) is 31.7. The van der Waals surface area contributed by atoms with Gasteiger partial charge in [0.2, 0.25) is 0 Å². The van der Waals surface area contributed by atoms with Gasteiger partial charge in [-0.15, -0.1) is 11.3 Å². The Kier molecular flexibility index (Phi) is 4.80. The Hall–Kier alpha value is -2.41. The van der Waals surface area contributed by atoms with Crippen molar-refractivity contribution in [3.05, 3.63) is 45.9 Å². The maximum atomic E-state index is 12.2. The van der Waals surface area contributed by atoms with Gasteiger partial charge in [-0.2, -0.15) is 0 Å². The van der Waals surface area contributed by atoms with Crippen LogP contribution in [0.5, 0.6) is 0 Å². The highest BCUT2D eigenvalue weighted by Gasteiger charge is 2.24. The highest BCUT2D eigenvalue weighted by molar-refractivity contribution is 7.13. The molecule has 3 rings (SSSR count). The first-order chi connectivity index (χ1) is 11.5. The van der Waals surface area contributed by atoms with Gasteiger partial charge in [0.05, 0.1) is 16.1 Å². The lowest BCUT2D eigenvalue weighted by Crippen LogP contribution is -2.45. The van der Waals surface area contributed by atoms with Crippen molar-refractivity contribution in [2.45, 2.75) is 25.8 Å². The molecule has 126 valence electrons. The molecular weight excluding hydrogens is 324 g/mol. The second-order valence-corrected chi connectivity index (χ2v) is 7.19. The summed E-state index contributed by atoms with van der Waals surface area (Å²) >= 11 is 1.51. The number of carbonyl (C=O) groups is 2. The molecule has 0 spiro atoms. The minimum Gasteiger partial charge on any atom is -0.371 e. The van der Waals surface area contributed by atoms with E-state index in [1.165, 1.54) is 17.5 Å². The first kappa shape index (κ1) is 16.4. The van der Waals surface area contributed by atoms with Crippen LogP contribution in [0.25, 0.3) is 0 Å². The molecule has 24 heavy (non-hydrogen) atoms. The van der Waals surface area contributed by atoms with Crippen LogP contribution >= 0.6 is 11.3 Å². The summed E-state index contributed by atoms with van der Waals surface area (Å²) in [5.74, 6) is -0.477. The SMILES string of the molecule is Cc1ccc(C(=O)NC2CCN(c3ccncc3C(N)=O)CC2)s1. The number of carbonyl (C=O) groups excluding carboxylic acids is 2. The van der Waals surface area contributed by atoms with Gasteiger partial charge in [-0.1, -0.05) is 0 Å². The fourth-order valence-corrected chi connectivity index (χ4v) is 3.70. The van der Waals surface area contributed by atoms with E-state index in [4.69, 9.17) is 5.73 Å². The first-order valence-corrected chi connectivity index (χ1v) is 8.72.